The molecule has 0 heterocycles. The van der Waals surface area contributed by atoms with Crippen molar-refractivity contribution < 1.29 is 80.2 Å². The number of aliphatic hydroxyl groups excluding tert-OH is 1. The van der Waals surface area contributed by atoms with Crippen LogP contribution in [0.3, 0.4) is 0 Å². The van der Waals surface area contributed by atoms with Crippen molar-refractivity contribution in [3.8, 4) is 0 Å². The van der Waals surface area contributed by atoms with E-state index in [0.29, 0.717) is 25.7 Å². The second-order valence-corrected chi connectivity index (χ2v) is 31.6. The maximum absolute atomic E-state index is 13.1. The smallest absolute Gasteiger partial charge is 0.462 e. The molecule has 0 amide bonds. The molecule has 0 rings (SSSR count). The van der Waals surface area contributed by atoms with Crippen molar-refractivity contribution in [1.82, 2.24) is 0 Å². The molecule has 3 unspecified atom stereocenters. The number of hydrogen-bond acceptors (Lipinski definition) is 15. The van der Waals surface area contributed by atoms with Crippen molar-refractivity contribution in [3.63, 3.8) is 0 Å². The van der Waals surface area contributed by atoms with Crippen molar-refractivity contribution >= 4 is 39.5 Å². The number of carbonyl (C=O) groups excluding carboxylic acids is 4. The van der Waals surface area contributed by atoms with Crippen LogP contribution in [0.5, 0.6) is 0 Å². The second-order valence-electron chi connectivity index (χ2n) is 28.7. The molecule has 0 aliphatic carbocycles. The Balaban J connectivity index is 5.11. The van der Waals surface area contributed by atoms with Gasteiger partial charge in [-0.1, -0.05) is 369 Å². The molecule has 0 aromatic rings. The zero-order valence-electron chi connectivity index (χ0n) is 63.9. The fraction of sp³-hybridized carbons (Fsp3) is 0.949. The van der Waals surface area contributed by atoms with Crippen LogP contribution in [0.2, 0.25) is 0 Å². The van der Waals surface area contributed by atoms with Gasteiger partial charge in [0.2, 0.25) is 0 Å². The summed E-state index contributed by atoms with van der Waals surface area (Å²) in [6, 6.07) is 0. The minimum Gasteiger partial charge on any atom is -0.462 e. The van der Waals surface area contributed by atoms with Gasteiger partial charge in [0, 0.05) is 25.7 Å². The first-order valence-electron chi connectivity index (χ1n) is 41.2. The highest BCUT2D eigenvalue weighted by atomic mass is 31.2. The van der Waals surface area contributed by atoms with Crippen LogP contribution in [0, 0.1) is 5.92 Å². The summed E-state index contributed by atoms with van der Waals surface area (Å²) in [5.41, 5.74) is 0. The highest BCUT2D eigenvalue weighted by Gasteiger charge is 2.30. The van der Waals surface area contributed by atoms with Crippen LogP contribution in [0.25, 0.3) is 0 Å². The molecular weight excluding hydrogens is 1280 g/mol. The number of phosphoric ester groups is 2. The predicted octanol–water partition coefficient (Wildman–Crippen LogP) is 23.6. The molecule has 17 nitrogen and oxygen atoms in total. The summed E-state index contributed by atoms with van der Waals surface area (Å²) in [5.74, 6) is -1.32. The van der Waals surface area contributed by atoms with Crippen molar-refractivity contribution in [2.75, 3.05) is 39.6 Å². The third-order valence-corrected chi connectivity index (χ3v) is 20.8. The van der Waals surface area contributed by atoms with E-state index in [1.807, 2.05) is 0 Å². The first kappa shape index (κ1) is 96.1. The Morgan fingerprint density at radius 3 is 0.724 bits per heavy atom. The minimum atomic E-state index is -4.96. The van der Waals surface area contributed by atoms with Gasteiger partial charge >= 0.3 is 39.5 Å². The average molecular weight is 1440 g/mol. The Kier molecular flexibility index (Phi) is 70.6. The lowest BCUT2D eigenvalue weighted by Gasteiger charge is -2.21. The maximum Gasteiger partial charge on any atom is 0.472 e. The van der Waals surface area contributed by atoms with Crippen molar-refractivity contribution in [2.45, 2.75) is 438 Å². The number of phosphoric acid groups is 2. The molecule has 3 N–H and O–H groups in total. The molecule has 0 fully saturated rings. The van der Waals surface area contributed by atoms with Gasteiger partial charge in [-0.05, 0) is 31.6 Å². The zero-order valence-corrected chi connectivity index (χ0v) is 65.7. The number of ether oxygens (including phenoxy) is 4. The third-order valence-electron chi connectivity index (χ3n) is 18.9. The molecule has 0 radical (unpaired) electrons. The molecule has 0 aliphatic rings. The molecule has 0 aromatic heterocycles. The molecule has 582 valence electrons. The van der Waals surface area contributed by atoms with E-state index in [0.717, 1.165) is 102 Å². The van der Waals surface area contributed by atoms with E-state index in [1.165, 1.54) is 238 Å². The highest BCUT2D eigenvalue weighted by molar-refractivity contribution is 7.47. The molecule has 0 spiro atoms. The van der Waals surface area contributed by atoms with E-state index >= 15 is 0 Å². The zero-order chi connectivity index (χ0) is 71.9. The lowest BCUT2D eigenvalue weighted by atomic mass is 9.99. The normalized spacial score (nSPS) is 14.2. The fourth-order valence-electron chi connectivity index (χ4n) is 12.2. The largest absolute Gasteiger partial charge is 0.472 e. The van der Waals surface area contributed by atoms with E-state index in [4.69, 9.17) is 37.0 Å². The Morgan fingerprint density at radius 2 is 0.490 bits per heavy atom. The van der Waals surface area contributed by atoms with E-state index in [9.17, 15) is 43.2 Å². The van der Waals surface area contributed by atoms with Gasteiger partial charge in [0.25, 0.3) is 0 Å². The predicted molar refractivity (Wildman–Crippen MR) is 400 cm³/mol. The molecule has 0 saturated carbocycles. The maximum atomic E-state index is 13.1. The summed E-state index contributed by atoms with van der Waals surface area (Å²) in [5, 5.41) is 10.6. The van der Waals surface area contributed by atoms with Gasteiger partial charge in [0.15, 0.2) is 12.2 Å². The third kappa shape index (κ3) is 71.1. The van der Waals surface area contributed by atoms with Crippen LogP contribution in [-0.2, 0) is 65.4 Å². The Labute approximate surface area is 600 Å². The van der Waals surface area contributed by atoms with Crippen LogP contribution >= 0.6 is 15.6 Å². The van der Waals surface area contributed by atoms with Crippen LogP contribution in [0.1, 0.15) is 420 Å². The molecule has 0 bridgehead atoms. The van der Waals surface area contributed by atoms with E-state index < -0.39 is 97.5 Å². The van der Waals surface area contributed by atoms with Gasteiger partial charge < -0.3 is 33.8 Å². The molecule has 19 heteroatoms. The fourth-order valence-corrected chi connectivity index (χ4v) is 13.8. The molecule has 0 aliphatic heterocycles. The number of carbonyl (C=O) groups is 4. The number of esters is 4. The lowest BCUT2D eigenvalue weighted by Crippen LogP contribution is -2.30. The SMILES string of the molecule is CCCCCCCCCCCCCCCCCCCCCCCCC(=O)O[C@H](COC(=O)CCCCCCCCCCCCCCCCCCC)COP(=O)(O)OC[C@@H](O)COP(=O)(O)OC[C@@H](COC(=O)CCCCCCC)OC(=O)CCCCCCCCCCCCC(C)CC. The monoisotopic (exact) mass is 1440 g/mol. The van der Waals surface area contributed by atoms with Crippen LogP contribution < -0.4 is 0 Å². The molecule has 98 heavy (non-hydrogen) atoms. The van der Waals surface area contributed by atoms with Gasteiger partial charge in [-0.15, -0.1) is 0 Å². The van der Waals surface area contributed by atoms with Crippen molar-refractivity contribution in [1.29, 1.82) is 0 Å². The van der Waals surface area contributed by atoms with Crippen LogP contribution in [0.4, 0.5) is 0 Å². The molecule has 0 aromatic carbocycles. The average Bonchev–Trinajstić information content (AvgIpc) is 1.75. The number of rotatable bonds is 79. The Bertz CT molecular complexity index is 1880. The summed E-state index contributed by atoms with van der Waals surface area (Å²) in [7, 11) is -9.90. The van der Waals surface area contributed by atoms with E-state index in [1.54, 1.807) is 0 Å². The first-order valence-corrected chi connectivity index (χ1v) is 44.2. The molecule has 6 atom stereocenters. The minimum absolute atomic E-state index is 0.106. The molecular formula is C79H154O17P2. The summed E-state index contributed by atoms with van der Waals surface area (Å²) in [6.07, 6.45) is 63.0. The van der Waals surface area contributed by atoms with Crippen LogP contribution in [0.15, 0.2) is 0 Å². The number of aliphatic hydroxyl groups is 1. The standard InChI is InChI=1S/C79H154O17P2/c1-6-10-13-16-18-20-22-24-26-28-29-30-31-32-34-36-38-40-45-49-54-59-64-79(84)96-75(69-90-77(82)63-58-53-48-44-39-37-35-33-27-25-23-21-19-17-14-11-7-2)71-94-98(87,88)92-67-73(80)66-91-97(85,86)93-70-74(68-89-76(81)62-57-51-15-12-8-3)95-78(83)65-60-55-50-46-42-41-43-47-52-56-61-72(5)9-4/h72-75,80H,6-71H2,1-5H3,(H,85,86)(H,87,88)/t72?,73-,74+,75+/m0/s1. The van der Waals surface area contributed by atoms with Gasteiger partial charge in [0.1, 0.15) is 19.3 Å². The second kappa shape index (κ2) is 72.0. The van der Waals surface area contributed by atoms with Gasteiger partial charge in [-0.25, -0.2) is 9.13 Å². The highest BCUT2D eigenvalue weighted by Crippen LogP contribution is 2.45. The van der Waals surface area contributed by atoms with Gasteiger partial charge in [-0.3, -0.25) is 37.3 Å². The van der Waals surface area contributed by atoms with E-state index in [-0.39, 0.29) is 25.7 Å². The van der Waals surface area contributed by atoms with E-state index in [2.05, 4.69) is 34.6 Å². The summed E-state index contributed by atoms with van der Waals surface area (Å²) in [4.78, 5) is 72.6. The van der Waals surface area contributed by atoms with Gasteiger partial charge in [0.05, 0.1) is 26.4 Å². The Morgan fingerprint density at radius 1 is 0.286 bits per heavy atom. The Hall–Kier alpha value is -1.94. The summed E-state index contributed by atoms with van der Waals surface area (Å²) < 4.78 is 68.4. The first-order chi connectivity index (χ1) is 47.6. The van der Waals surface area contributed by atoms with Crippen molar-refractivity contribution in [3.05, 3.63) is 0 Å². The summed E-state index contributed by atoms with van der Waals surface area (Å²) >= 11 is 0. The number of unbranched alkanes of at least 4 members (excludes halogenated alkanes) is 50. The van der Waals surface area contributed by atoms with Gasteiger partial charge in [-0.2, -0.15) is 0 Å². The molecule has 0 saturated heterocycles. The quantitative estimate of drug-likeness (QED) is 0.0222. The topological polar surface area (TPSA) is 237 Å². The summed E-state index contributed by atoms with van der Waals surface area (Å²) in [6.45, 7) is 7.24. The lowest BCUT2D eigenvalue weighted by molar-refractivity contribution is -0.161. The van der Waals surface area contributed by atoms with Crippen LogP contribution in [-0.4, -0.2) is 96.7 Å². The number of hydrogen-bond donors (Lipinski definition) is 3. The van der Waals surface area contributed by atoms with Crippen molar-refractivity contribution in [2.24, 2.45) is 5.92 Å².